The Morgan fingerprint density at radius 1 is 1.00 bits per heavy atom. The molecule has 0 spiro atoms. The zero-order chi connectivity index (χ0) is 11.7. The third kappa shape index (κ3) is 1.91. The lowest BCUT2D eigenvalue weighted by Crippen LogP contribution is -2.52. The zero-order valence-electron chi connectivity index (χ0n) is 9.43. The molecular formula is C12H14N2O2. The van der Waals surface area contributed by atoms with Crippen LogP contribution in [0.1, 0.15) is 5.56 Å². The van der Waals surface area contributed by atoms with Crippen LogP contribution in [-0.2, 0) is 9.59 Å². The third-order valence-electron chi connectivity index (χ3n) is 2.74. The largest absolute Gasteiger partial charge is 0.335 e. The minimum atomic E-state index is -0.0362. The van der Waals surface area contributed by atoms with Gasteiger partial charge in [-0.15, -0.1) is 0 Å². The second-order valence-electron chi connectivity index (χ2n) is 4.07. The molecule has 2 amide bonds. The van der Waals surface area contributed by atoms with Crippen molar-refractivity contribution in [2.24, 2.45) is 0 Å². The quantitative estimate of drug-likeness (QED) is 0.699. The number of nitrogens with zero attached hydrogens (tertiary/aromatic N) is 2. The first-order chi connectivity index (χ1) is 7.58. The predicted molar refractivity (Wildman–Crippen MR) is 61.2 cm³/mol. The number of carbonyl (C=O) groups is 2. The summed E-state index contributed by atoms with van der Waals surface area (Å²) in [5.74, 6) is -0.0638. The number of amides is 2. The molecule has 1 aromatic rings. The summed E-state index contributed by atoms with van der Waals surface area (Å²) in [5.41, 5.74) is 1.92. The molecule has 1 aliphatic heterocycles. The molecule has 4 nitrogen and oxygen atoms in total. The molecule has 0 saturated carbocycles. The molecular weight excluding hydrogens is 204 g/mol. The van der Waals surface area contributed by atoms with Gasteiger partial charge in [0.15, 0.2) is 0 Å². The van der Waals surface area contributed by atoms with Gasteiger partial charge in [-0.2, -0.15) is 0 Å². The molecule has 16 heavy (non-hydrogen) atoms. The predicted octanol–water partition coefficient (Wildman–Crippen LogP) is 0.800. The van der Waals surface area contributed by atoms with Crippen molar-refractivity contribution in [3.05, 3.63) is 29.8 Å². The molecule has 84 valence electrons. The first-order valence-electron chi connectivity index (χ1n) is 5.19. The van der Waals surface area contributed by atoms with Crippen LogP contribution in [0.5, 0.6) is 0 Å². The van der Waals surface area contributed by atoms with E-state index in [1.165, 1.54) is 9.80 Å². The van der Waals surface area contributed by atoms with E-state index in [-0.39, 0.29) is 24.9 Å². The van der Waals surface area contributed by atoms with Crippen LogP contribution in [-0.4, -0.2) is 36.9 Å². The maximum absolute atomic E-state index is 11.8. The molecule has 0 N–H and O–H groups in total. The van der Waals surface area contributed by atoms with Crippen molar-refractivity contribution in [1.82, 2.24) is 4.90 Å². The molecule has 1 saturated heterocycles. The Labute approximate surface area is 94.5 Å². The normalized spacial score (nSPS) is 16.9. The SMILES string of the molecule is Cc1ccc(N2CC(=O)N(C)CC2=O)cc1. The van der Waals surface area contributed by atoms with E-state index >= 15 is 0 Å². The summed E-state index contributed by atoms with van der Waals surface area (Å²) in [5, 5.41) is 0. The van der Waals surface area contributed by atoms with Crippen molar-refractivity contribution >= 4 is 17.5 Å². The van der Waals surface area contributed by atoms with E-state index in [0.29, 0.717) is 0 Å². The maximum Gasteiger partial charge on any atom is 0.247 e. The van der Waals surface area contributed by atoms with Gasteiger partial charge in [-0.3, -0.25) is 9.59 Å². The lowest BCUT2D eigenvalue weighted by Gasteiger charge is -2.31. The molecule has 0 aromatic heterocycles. The van der Waals surface area contributed by atoms with Crippen molar-refractivity contribution in [3.8, 4) is 0 Å². The van der Waals surface area contributed by atoms with Crippen molar-refractivity contribution in [2.45, 2.75) is 6.92 Å². The van der Waals surface area contributed by atoms with Crippen LogP contribution in [0.3, 0.4) is 0 Å². The summed E-state index contributed by atoms with van der Waals surface area (Å²) in [6, 6.07) is 7.61. The zero-order valence-corrected chi connectivity index (χ0v) is 9.43. The van der Waals surface area contributed by atoms with Crippen LogP contribution < -0.4 is 4.90 Å². The summed E-state index contributed by atoms with van der Waals surface area (Å²) in [6.45, 7) is 2.28. The summed E-state index contributed by atoms with van der Waals surface area (Å²) in [7, 11) is 1.65. The fourth-order valence-corrected chi connectivity index (χ4v) is 1.68. The summed E-state index contributed by atoms with van der Waals surface area (Å²) in [4.78, 5) is 26.3. The van der Waals surface area contributed by atoms with E-state index in [9.17, 15) is 9.59 Å². The number of likely N-dealkylation sites (N-methyl/N-ethyl adjacent to an activating group) is 1. The lowest BCUT2D eigenvalue weighted by molar-refractivity contribution is -0.136. The van der Waals surface area contributed by atoms with Crippen LogP contribution in [0.2, 0.25) is 0 Å². The van der Waals surface area contributed by atoms with Gasteiger partial charge in [-0.05, 0) is 19.1 Å². The fraction of sp³-hybridized carbons (Fsp3) is 0.333. The van der Waals surface area contributed by atoms with E-state index in [2.05, 4.69) is 0 Å². The molecule has 0 aliphatic carbocycles. The number of rotatable bonds is 1. The van der Waals surface area contributed by atoms with E-state index in [0.717, 1.165) is 11.3 Å². The van der Waals surface area contributed by atoms with E-state index in [4.69, 9.17) is 0 Å². The Morgan fingerprint density at radius 2 is 1.62 bits per heavy atom. The second kappa shape index (κ2) is 3.96. The number of hydrogen-bond acceptors (Lipinski definition) is 2. The average Bonchev–Trinajstić information content (AvgIpc) is 2.25. The van der Waals surface area contributed by atoms with Gasteiger partial charge in [-0.1, -0.05) is 17.7 Å². The molecule has 0 atom stereocenters. The standard InChI is InChI=1S/C12H14N2O2/c1-9-3-5-10(6-4-9)14-8-11(15)13(2)7-12(14)16/h3-6H,7-8H2,1-2H3. The molecule has 1 aliphatic rings. The monoisotopic (exact) mass is 218 g/mol. The van der Waals surface area contributed by atoms with Gasteiger partial charge in [0.05, 0.1) is 6.54 Å². The van der Waals surface area contributed by atoms with Crippen molar-refractivity contribution in [1.29, 1.82) is 0 Å². The Hall–Kier alpha value is -1.84. The van der Waals surface area contributed by atoms with E-state index in [1.807, 2.05) is 31.2 Å². The molecule has 0 radical (unpaired) electrons. The number of aryl methyl sites for hydroxylation is 1. The molecule has 0 bridgehead atoms. The van der Waals surface area contributed by atoms with Gasteiger partial charge in [0, 0.05) is 12.7 Å². The molecule has 2 rings (SSSR count). The first kappa shape index (κ1) is 10.7. The van der Waals surface area contributed by atoms with Gasteiger partial charge in [0.1, 0.15) is 6.54 Å². The highest BCUT2D eigenvalue weighted by atomic mass is 16.2. The van der Waals surface area contributed by atoms with Gasteiger partial charge in [-0.25, -0.2) is 0 Å². The number of benzene rings is 1. The van der Waals surface area contributed by atoms with Crippen molar-refractivity contribution < 1.29 is 9.59 Å². The van der Waals surface area contributed by atoms with Gasteiger partial charge in [0.25, 0.3) is 0 Å². The first-order valence-corrected chi connectivity index (χ1v) is 5.19. The Bertz CT molecular complexity index is 425. The molecule has 1 heterocycles. The highest BCUT2D eigenvalue weighted by Crippen LogP contribution is 2.17. The summed E-state index contributed by atoms with van der Waals surface area (Å²) in [6.07, 6.45) is 0. The minimum Gasteiger partial charge on any atom is -0.335 e. The van der Waals surface area contributed by atoms with Crippen LogP contribution in [0.4, 0.5) is 5.69 Å². The van der Waals surface area contributed by atoms with Crippen LogP contribution in [0.25, 0.3) is 0 Å². The van der Waals surface area contributed by atoms with Crippen molar-refractivity contribution in [3.63, 3.8) is 0 Å². The van der Waals surface area contributed by atoms with Crippen LogP contribution in [0, 0.1) is 6.92 Å². The topological polar surface area (TPSA) is 40.6 Å². The summed E-state index contributed by atoms with van der Waals surface area (Å²) < 4.78 is 0. The molecule has 1 aromatic carbocycles. The molecule has 4 heteroatoms. The van der Waals surface area contributed by atoms with E-state index < -0.39 is 0 Å². The number of carbonyl (C=O) groups excluding carboxylic acids is 2. The Morgan fingerprint density at radius 3 is 2.25 bits per heavy atom. The third-order valence-corrected chi connectivity index (χ3v) is 2.74. The van der Waals surface area contributed by atoms with Gasteiger partial charge in [0.2, 0.25) is 11.8 Å². The average molecular weight is 218 g/mol. The molecule has 0 unspecified atom stereocenters. The Kier molecular flexibility index (Phi) is 2.64. The van der Waals surface area contributed by atoms with E-state index in [1.54, 1.807) is 7.05 Å². The summed E-state index contributed by atoms with van der Waals surface area (Å²) >= 11 is 0. The Balaban J connectivity index is 2.24. The minimum absolute atomic E-state index is 0.0276. The van der Waals surface area contributed by atoms with Crippen molar-refractivity contribution in [2.75, 3.05) is 25.0 Å². The number of anilines is 1. The fourth-order valence-electron chi connectivity index (χ4n) is 1.68. The van der Waals surface area contributed by atoms with Crippen LogP contribution in [0.15, 0.2) is 24.3 Å². The smallest absolute Gasteiger partial charge is 0.247 e. The second-order valence-corrected chi connectivity index (χ2v) is 4.07. The lowest BCUT2D eigenvalue weighted by atomic mass is 10.2. The number of hydrogen-bond donors (Lipinski definition) is 0. The highest BCUT2D eigenvalue weighted by Gasteiger charge is 2.28. The number of piperazine rings is 1. The van der Waals surface area contributed by atoms with Gasteiger partial charge < -0.3 is 9.80 Å². The molecule has 1 fully saturated rings. The van der Waals surface area contributed by atoms with Crippen LogP contribution >= 0.6 is 0 Å². The highest BCUT2D eigenvalue weighted by molar-refractivity contribution is 6.04. The van der Waals surface area contributed by atoms with Gasteiger partial charge >= 0.3 is 0 Å². The maximum atomic E-state index is 11.8.